The summed E-state index contributed by atoms with van der Waals surface area (Å²) in [6, 6.07) is 1.60. The molecule has 0 aliphatic carbocycles. The molecule has 0 spiro atoms. The third kappa shape index (κ3) is 1.57. The van der Waals surface area contributed by atoms with Crippen LogP contribution in [0.25, 0.3) is 0 Å². The van der Waals surface area contributed by atoms with E-state index in [9.17, 15) is 0 Å². The third-order valence-electron chi connectivity index (χ3n) is 3.15. The Kier molecular flexibility index (Phi) is 2.14. The summed E-state index contributed by atoms with van der Waals surface area (Å²) < 4.78 is 0. The molecular formula is C9H18N2. The second-order valence-electron chi connectivity index (χ2n) is 4.06. The molecule has 64 valence electrons. The van der Waals surface area contributed by atoms with Crippen molar-refractivity contribution < 1.29 is 0 Å². The zero-order valence-corrected chi connectivity index (χ0v) is 7.05. The van der Waals surface area contributed by atoms with Crippen LogP contribution in [0.5, 0.6) is 0 Å². The van der Waals surface area contributed by atoms with E-state index in [0.29, 0.717) is 0 Å². The van der Waals surface area contributed by atoms with E-state index in [1.165, 1.54) is 32.1 Å². The van der Waals surface area contributed by atoms with E-state index >= 15 is 0 Å². The van der Waals surface area contributed by atoms with Gasteiger partial charge in [0.1, 0.15) is 0 Å². The quantitative estimate of drug-likeness (QED) is 0.588. The Morgan fingerprint density at radius 3 is 2.36 bits per heavy atom. The Hall–Kier alpha value is -0.0800. The van der Waals surface area contributed by atoms with E-state index in [-0.39, 0.29) is 0 Å². The van der Waals surface area contributed by atoms with E-state index in [1.54, 1.807) is 0 Å². The molecule has 0 saturated carbocycles. The molecule has 2 aliphatic rings. The fourth-order valence-electron chi connectivity index (χ4n) is 2.58. The van der Waals surface area contributed by atoms with E-state index in [2.05, 4.69) is 5.32 Å². The van der Waals surface area contributed by atoms with Gasteiger partial charge in [-0.25, -0.2) is 0 Å². The Morgan fingerprint density at radius 2 is 1.82 bits per heavy atom. The predicted octanol–water partition coefficient (Wildman–Crippen LogP) is 0.866. The summed E-state index contributed by atoms with van der Waals surface area (Å²) in [5.74, 6) is 0.812. The van der Waals surface area contributed by atoms with Crippen LogP contribution in [0.2, 0.25) is 0 Å². The van der Waals surface area contributed by atoms with Gasteiger partial charge in [0.25, 0.3) is 0 Å². The summed E-state index contributed by atoms with van der Waals surface area (Å²) >= 11 is 0. The van der Waals surface area contributed by atoms with Crippen molar-refractivity contribution in [3.05, 3.63) is 0 Å². The fraction of sp³-hybridized carbons (Fsp3) is 1.00. The molecular weight excluding hydrogens is 136 g/mol. The molecule has 11 heavy (non-hydrogen) atoms. The van der Waals surface area contributed by atoms with Crippen molar-refractivity contribution in [2.45, 2.75) is 44.2 Å². The van der Waals surface area contributed by atoms with Crippen molar-refractivity contribution in [3.63, 3.8) is 0 Å². The molecule has 2 aliphatic heterocycles. The van der Waals surface area contributed by atoms with Gasteiger partial charge in [0, 0.05) is 12.1 Å². The summed E-state index contributed by atoms with van der Waals surface area (Å²) in [4.78, 5) is 0. The maximum atomic E-state index is 5.68. The van der Waals surface area contributed by atoms with E-state index < -0.39 is 0 Å². The molecule has 2 nitrogen and oxygen atoms in total. The Bertz CT molecular complexity index is 124. The van der Waals surface area contributed by atoms with Crippen LogP contribution < -0.4 is 11.1 Å². The molecule has 0 aromatic heterocycles. The zero-order valence-electron chi connectivity index (χ0n) is 7.05. The smallest absolute Gasteiger partial charge is 0.00727 e. The van der Waals surface area contributed by atoms with Crippen LogP contribution in [0.15, 0.2) is 0 Å². The number of nitrogens with two attached hydrogens (primary N) is 1. The molecule has 2 bridgehead atoms. The normalized spacial score (nSPS) is 43.9. The fourth-order valence-corrected chi connectivity index (χ4v) is 2.58. The summed E-state index contributed by atoms with van der Waals surface area (Å²) in [6.45, 7) is 0.898. The van der Waals surface area contributed by atoms with Gasteiger partial charge in [0.2, 0.25) is 0 Å². The Morgan fingerprint density at radius 1 is 1.18 bits per heavy atom. The third-order valence-corrected chi connectivity index (χ3v) is 3.15. The highest BCUT2D eigenvalue weighted by molar-refractivity contribution is 4.89. The first-order valence-corrected chi connectivity index (χ1v) is 4.84. The van der Waals surface area contributed by atoms with Gasteiger partial charge in [-0.1, -0.05) is 6.42 Å². The minimum Gasteiger partial charge on any atom is -0.330 e. The number of hydrogen-bond acceptors (Lipinski definition) is 2. The standard InChI is InChI=1S/C9H18N2/c10-6-7-4-8-2-1-3-9(5-7)11-8/h7-9,11H,1-6,10H2. The number of nitrogens with one attached hydrogen (secondary N) is 1. The molecule has 0 radical (unpaired) electrons. The summed E-state index contributed by atoms with van der Waals surface area (Å²) in [7, 11) is 0. The van der Waals surface area contributed by atoms with Crippen LogP contribution in [-0.2, 0) is 0 Å². The summed E-state index contributed by atoms with van der Waals surface area (Å²) in [6.07, 6.45) is 6.85. The first kappa shape index (κ1) is 7.56. The molecule has 0 aromatic rings. The van der Waals surface area contributed by atoms with Gasteiger partial charge in [0.15, 0.2) is 0 Å². The lowest BCUT2D eigenvalue weighted by Gasteiger charge is -2.40. The zero-order chi connectivity index (χ0) is 7.68. The molecule has 2 unspecified atom stereocenters. The first-order valence-electron chi connectivity index (χ1n) is 4.84. The summed E-state index contributed by atoms with van der Waals surface area (Å²) in [5, 5.41) is 3.66. The van der Waals surface area contributed by atoms with Crippen LogP contribution in [0.3, 0.4) is 0 Å². The monoisotopic (exact) mass is 154 g/mol. The van der Waals surface area contributed by atoms with Crippen molar-refractivity contribution in [1.82, 2.24) is 5.32 Å². The van der Waals surface area contributed by atoms with Crippen LogP contribution >= 0.6 is 0 Å². The van der Waals surface area contributed by atoms with Gasteiger partial charge in [-0.2, -0.15) is 0 Å². The number of piperidine rings is 2. The minimum atomic E-state index is 0.802. The highest BCUT2D eigenvalue weighted by Gasteiger charge is 2.29. The second kappa shape index (κ2) is 3.11. The van der Waals surface area contributed by atoms with Gasteiger partial charge in [-0.15, -0.1) is 0 Å². The lowest BCUT2D eigenvalue weighted by atomic mass is 9.80. The summed E-state index contributed by atoms with van der Waals surface area (Å²) in [5.41, 5.74) is 5.68. The molecule has 2 fully saturated rings. The molecule has 2 heteroatoms. The minimum absolute atomic E-state index is 0.802. The van der Waals surface area contributed by atoms with E-state index in [4.69, 9.17) is 5.73 Å². The number of rotatable bonds is 1. The molecule has 2 rings (SSSR count). The average Bonchev–Trinajstić information content (AvgIpc) is 2.03. The Balaban J connectivity index is 1.94. The lowest BCUT2D eigenvalue weighted by Crippen LogP contribution is -2.49. The van der Waals surface area contributed by atoms with Crippen molar-refractivity contribution in [2.75, 3.05) is 6.54 Å². The van der Waals surface area contributed by atoms with Crippen molar-refractivity contribution in [1.29, 1.82) is 0 Å². The average molecular weight is 154 g/mol. The molecule has 3 N–H and O–H groups in total. The predicted molar refractivity (Wildman–Crippen MR) is 46.3 cm³/mol. The van der Waals surface area contributed by atoms with E-state index in [1.807, 2.05) is 0 Å². The lowest BCUT2D eigenvalue weighted by molar-refractivity contribution is 0.189. The van der Waals surface area contributed by atoms with Gasteiger partial charge < -0.3 is 11.1 Å². The van der Waals surface area contributed by atoms with Gasteiger partial charge in [-0.05, 0) is 38.1 Å². The topological polar surface area (TPSA) is 38.0 Å². The van der Waals surface area contributed by atoms with Gasteiger partial charge in [-0.3, -0.25) is 0 Å². The highest BCUT2D eigenvalue weighted by atomic mass is 15.0. The van der Waals surface area contributed by atoms with Crippen molar-refractivity contribution in [2.24, 2.45) is 11.7 Å². The van der Waals surface area contributed by atoms with Crippen molar-refractivity contribution >= 4 is 0 Å². The number of fused-ring (bicyclic) bond motifs is 2. The van der Waals surface area contributed by atoms with Crippen LogP contribution in [0, 0.1) is 5.92 Å². The van der Waals surface area contributed by atoms with Gasteiger partial charge >= 0.3 is 0 Å². The van der Waals surface area contributed by atoms with Crippen LogP contribution in [0.4, 0.5) is 0 Å². The SMILES string of the molecule is NCC1CC2CCCC(C1)N2. The van der Waals surface area contributed by atoms with Gasteiger partial charge in [0.05, 0.1) is 0 Å². The maximum Gasteiger partial charge on any atom is 0.00727 e. The second-order valence-corrected chi connectivity index (χ2v) is 4.06. The van der Waals surface area contributed by atoms with Crippen LogP contribution in [0.1, 0.15) is 32.1 Å². The van der Waals surface area contributed by atoms with Crippen LogP contribution in [-0.4, -0.2) is 18.6 Å². The first-order chi connectivity index (χ1) is 5.38. The molecule has 0 amide bonds. The highest BCUT2D eigenvalue weighted by Crippen LogP contribution is 2.28. The molecule has 2 heterocycles. The molecule has 0 aromatic carbocycles. The number of hydrogen-bond donors (Lipinski definition) is 2. The maximum absolute atomic E-state index is 5.68. The molecule has 2 atom stereocenters. The largest absolute Gasteiger partial charge is 0.330 e. The Labute approximate surface area is 68.5 Å². The van der Waals surface area contributed by atoms with Crippen molar-refractivity contribution in [3.8, 4) is 0 Å². The molecule has 2 saturated heterocycles. The van der Waals surface area contributed by atoms with E-state index in [0.717, 1.165) is 24.5 Å².